The van der Waals surface area contributed by atoms with E-state index < -0.39 is 6.10 Å². The molecule has 0 saturated heterocycles. The van der Waals surface area contributed by atoms with Gasteiger partial charge >= 0.3 is 5.97 Å². The topological polar surface area (TPSA) is 55.8 Å². The fraction of sp³-hybridized carbons (Fsp3) is 0.682. The van der Waals surface area contributed by atoms with E-state index in [-0.39, 0.29) is 19.2 Å². The summed E-state index contributed by atoms with van der Waals surface area (Å²) in [5.74, 6) is -0.248. The predicted molar refractivity (Wildman–Crippen MR) is 108 cm³/mol. The second kappa shape index (κ2) is 19.9. The van der Waals surface area contributed by atoms with Crippen molar-refractivity contribution < 1.29 is 19.4 Å². The molecule has 0 amide bonds. The van der Waals surface area contributed by atoms with Crippen molar-refractivity contribution in [3.05, 3.63) is 36.5 Å². The van der Waals surface area contributed by atoms with Gasteiger partial charge in [-0.3, -0.25) is 4.79 Å². The van der Waals surface area contributed by atoms with Crippen LogP contribution in [0.5, 0.6) is 0 Å². The van der Waals surface area contributed by atoms with Crippen LogP contribution in [0.2, 0.25) is 0 Å². The van der Waals surface area contributed by atoms with Gasteiger partial charge in [0.15, 0.2) is 0 Å². The van der Waals surface area contributed by atoms with Crippen LogP contribution in [0.1, 0.15) is 71.1 Å². The standard InChI is InChI=1S/C22H38O4/c1-3-4-5-6-7-8-9-10-11-12-13-14-15-16-17-18-22(24)26-21(19-23)20-25-2/h4-5,7-8,10-11,21,23H,3,6,9,12-20H2,1-2H3/b5-4-,8-7-,11-10-. The lowest BCUT2D eigenvalue weighted by Gasteiger charge is -2.14. The highest BCUT2D eigenvalue weighted by molar-refractivity contribution is 5.69. The first kappa shape index (κ1) is 24.6. The molecule has 0 aliphatic rings. The van der Waals surface area contributed by atoms with E-state index in [0.717, 1.165) is 44.9 Å². The molecule has 0 rings (SSSR count). The fourth-order valence-corrected chi connectivity index (χ4v) is 2.44. The number of unbranched alkanes of at least 4 members (excludes halogenated alkanes) is 5. The fourth-order valence-electron chi connectivity index (χ4n) is 2.44. The zero-order valence-corrected chi connectivity index (χ0v) is 16.7. The molecule has 0 radical (unpaired) electrons. The summed E-state index contributed by atoms with van der Waals surface area (Å²) in [6.07, 6.45) is 22.9. The number of ether oxygens (including phenoxy) is 2. The Labute approximate surface area is 160 Å². The van der Waals surface area contributed by atoms with Gasteiger partial charge in [-0.2, -0.15) is 0 Å². The average Bonchev–Trinajstić information content (AvgIpc) is 2.64. The van der Waals surface area contributed by atoms with Crippen LogP contribution in [0.3, 0.4) is 0 Å². The summed E-state index contributed by atoms with van der Waals surface area (Å²) in [6.45, 7) is 2.19. The Morgan fingerprint density at radius 2 is 1.54 bits per heavy atom. The molecule has 0 saturated carbocycles. The number of carbonyl (C=O) groups is 1. The Bertz CT molecular complexity index is 399. The van der Waals surface area contributed by atoms with E-state index in [9.17, 15) is 4.79 Å². The largest absolute Gasteiger partial charge is 0.457 e. The summed E-state index contributed by atoms with van der Waals surface area (Å²) in [5.41, 5.74) is 0. The Morgan fingerprint density at radius 3 is 2.19 bits per heavy atom. The maximum Gasteiger partial charge on any atom is 0.306 e. The Kier molecular flexibility index (Phi) is 18.9. The lowest BCUT2D eigenvalue weighted by molar-refractivity contribution is -0.154. The molecule has 0 aromatic carbocycles. The lowest BCUT2D eigenvalue weighted by Crippen LogP contribution is -2.26. The highest BCUT2D eigenvalue weighted by Crippen LogP contribution is 2.09. The molecule has 0 aliphatic carbocycles. The second-order valence-electron chi connectivity index (χ2n) is 6.35. The highest BCUT2D eigenvalue weighted by atomic mass is 16.6. The molecule has 0 fully saturated rings. The number of aliphatic hydroxyl groups is 1. The number of hydrogen-bond acceptors (Lipinski definition) is 4. The minimum Gasteiger partial charge on any atom is -0.457 e. The van der Waals surface area contributed by atoms with Crippen LogP contribution < -0.4 is 0 Å². The van der Waals surface area contributed by atoms with Gasteiger partial charge in [0.1, 0.15) is 6.10 Å². The maximum atomic E-state index is 11.6. The predicted octanol–water partition coefficient (Wildman–Crippen LogP) is 5.13. The first-order chi connectivity index (χ1) is 12.7. The van der Waals surface area contributed by atoms with Crippen LogP contribution >= 0.6 is 0 Å². The number of aliphatic hydroxyl groups excluding tert-OH is 1. The van der Waals surface area contributed by atoms with Crippen molar-refractivity contribution in [2.24, 2.45) is 0 Å². The van der Waals surface area contributed by atoms with Gasteiger partial charge < -0.3 is 14.6 Å². The summed E-state index contributed by atoms with van der Waals surface area (Å²) in [4.78, 5) is 11.6. The quantitative estimate of drug-likeness (QED) is 0.220. The van der Waals surface area contributed by atoms with E-state index in [1.807, 2.05) is 0 Å². The molecule has 0 bridgehead atoms. The number of rotatable bonds is 17. The molecule has 4 heteroatoms. The van der Waals surface area contributed by atoms with Crippen molar-refractivity contribution in [2.45, 2.75) is 77.2 Å². The number of methoxy groups -OCH3 is 1. The van der Waals surface area contributed by atoms with Gasteiger partial charge in [0, 0.05) is 13.5 Å². The van der Waals surface area contributed by atoms with Crippen LogP contribution in [-0.4, -0.2) is 37.5 Å². The molecule has 0 heterocycles. The summed E-state index contributed by atoms with van der Waals surface area (Å²) in [6, 6.07) is 0. The molecule has 1 N–H and O–H groups in total. The minimum absolute atomic E-state index is 0.196. The van der Waals surface area contributed by atoms with Crippen LogP contribution in [0.25, 0.3) is 0 Å². The van der Waals surface area contributed by atoms with Gasteiger partial charge in [0.2, 0.25) is 0 Å². The Morgan fingerprint density at radius 1 is 0.923 bits per heavy atom. The first-order valence-corrected chi connectivity index (χ1v) is 9.98. The van der Waals surface area contributed by atoms with Crippen molar-refractivity contribution in [3.8, 4) is 0 Å². The molecule has 26 heavy (non-hydrogen) atoms. The summed E-state index contributed by atoms with van der Waals surface area (Å²) in [7, 11) is 1.52. The molecule has 150 valence electrons. The molecule has 1 atom stereocenters. The Hall–Kier alpha value is -1.39. The molecule has 4 nitrogen and oxygen atoms in total. The summed E-state index contributed by atoms with van der Waals surface area (Å²) >= 11 is 0. The van der Waals surface area contributed by atoms with E-state index >= 15 is 0 Å². The SMILES string of the molecule is CC/C=C\C/C=C\C/C=C\CCCCCCCC(=O)OC(CO)COC. The Balaban J connectivity index is 3.44. The first-order valence-electron chi connectivity index (χ1n) is 9.98. The number of esters is 1. The highest BCUT2D eigenvalue weighted by Gasteiger charge is 2.12. The smallest absolute Gasteiger partial charge is 0.306 e. The van der Waals surface area contributed by atoms with Crippen molar-refractivity contribution in [2.75, 3.05) is 20.3 Å². The van der Waals surface area contributed by atoms with Crippen LogP contribution in [0.4, 0.5) is 0 Å². The van der Waals surface area contributed by atoms with Gasteiger partial charge in [-0.25, -0.2) is 0 Å². The van der Waals surface area contributed by atoms with Crippen LogP contribution in [-0.2, 0) is 14.3 Å². The van der Waals surface area contributed by atoms with Gasteiger partial charge in [-0.05, 0) is 38.5 Å². The van der Waals surface area contributed by atoms with Gasteiger partial charge in [0.05, 0.1) is 13.2 Å². The third-order valence-electron chi connectivity index (χ3n) is 3.89. The maximum absolute atomic E-state index is 11.6. The van der Waals surface area contributed by atoms with E-state index in [2.05, 4.69) is 43.4 Å². The van der Waals surface area contributed by atoms with Gasteiger partial charge in [0.25, 0.3) is 0 Å². The van der Waals surface area contributed by atoms with E-state index in [0.29, 0.717) is 6.42 Å². The third kappa shape index (κ3) is 17.4. The summed E-state index contributed by atoms with van der Waals surface area (Å²) < 4.78 is 10.0. The van der Waals surface area contributed by atoms with Crippen molar-refractivity contribution in [3.63, 3.8) is 0 Å². The molecule has 0 aromatic heterocycles. The van der Waals surface area contributed by atoms with E-state index in [1.165, 1.54) is 20.0 Å². The molecule has 1 unspecified atom stereocenters. The lowest BCUT2D eigenvalue weighted by atomic mass is 10.1. The van der Waals surface area contributed by atoms with Crippen molar-refractivity contribution in [1.82, 2.24) is 0 Å². The summed E-state index contributed by atoms with van der Waals surface area (Å²) in [5, 5.41) is 9.04. The van der Waals surface area contributed by atoms with Gasteiger partial charge in [-0.15, -0.1) is 0 Å². The molecule has 0 spiro atoms. The molecule has 0 aromatic rings. The molecular formula is C22H38O4. The second-order valence-corrected chi connectivity index (χ2v) is 6.35. The zero-order valence-electron chi connectivity index (χ0n) is 16.7. The number of hydrogen-bond donors (Lipinski definition) is 1. The van der Waals surface area contributed by atoms with Crippen molar-refractivity contribution >= 4 is 5.97 Å². The number of carbonyl (C=O) groups excluding carboxylic acids is 1. The molecule has 0 aliphatic heterocycles. The van der Waals surface area contributed by atoms with Crippen molar-refractivity contribution in [1.29, 1.82) is 0 Å². The monoisotopic (exact) mass is 366 g/mol. The van der Waals surface area contributed by atoms with Gasteiger partial charge in [-0.1, -0.05) is 62.6 Å². The van der Waals surface area contributed by atoms with E-state index in [4.69, 9.17) is 14.6 Å². The van der Waals surface area contributed by atoms with Crippen LogP contribution in [0.15, 0.2) is 36.5 Å². The third-order valence-corrected chi connectivity index (χ3v) is 3.89. The zero-order chi connectivity index (χ0) is 19.3. The normalized spacial score (nSPS) is 13.2. The number of allylic oxidation sites excluding steroid dienone is 6. The van der Waals surface area contributed by atoms with E-state index in [1.54, 1.807) is 0 Å². The minimum atomic E-state index is -0.540. The van der Waals surface area contributed by atoms with Crippen LogP contribution in [0, 0.1) is 0 Å². The molecular weight excluding hydrogens is 328 g/mol. The average molecular weight is 367 g/mol.